The van der Waals surface area contributed by atoms with E-state index < -0.39 is 0 Å². The molecule has 0 saturated heterocycles. The van der Waals surface area contributed by atoms with Crippen molar-refractivity contribution in [2.75, 3.05) is 0 Å². The highest BCUT2D eigenvalue weighted by molar-refractivity contribution is 4.86. The number of hydrogen-bond acceptors (Lipinski definition) is 1. The van der Waals surface area contributed by atoms with Gasteiger partial charge in [0.15, 0.2) is 0 Å². The zero-order valence-corrected chi connectivity index (χ0v) is 14.5. The van der Waals surface area contributed by atoms with E-state index in [1.807, 2.05) is 0 Å². The fraction of sp³-hybridized carbons (Fsp3) is 1.00. The lowest BCUT2D eigenvalue weighted by atomic mass is 9.76. The summed E-state index contributed by atoms with van der Waals surface area (Å²) in [5.74, 6) is 0.793. The first-order chi connectivity index (χ1) is 9.37. The molecule has 1 aliphatic carbocycles. The topological polar surface area (TPSA) is 20.2 Å². The standard InChI is InChI=1S/C19H38O/c1-5-6-7-8-9-10-14-19(20)15-11-12-17(13-16-19)18(2,3)4/h17,20H,5-16H2,1-4H3. The van der Waals surface area contributed by atoms with Crippen LogP contribution in [0.2, 0.25) is 0 Å². The molecule has 0 aromatic heterocycles. The van der Waals surface area contributed by atoms with Gasteiger partial charge in [0.25, 0.3) is 0 Å². The first kappa shape index (κ1) is 18.0. The Morgan fingerprint density at radius 1 is 0.950 bits per heavy atom. The highest BCUT2D eigenvalue weighted by Crippen LogP contribution is 2.41. The third-order valence-corrected chi connectivity index (χ3v) is 5.37. The lowest BCUT2D eigenvalue weighted by molar-refractivity contribution is 0.0115. The highest BCUT2D eigenvalue weighted by atomic mass is 16.3. The van der Waals surface area contributed by atoms with Gasteiger partial charge in [-0.3, -0.25) is 0 Å². The third kappa shape index (κ3) is 6.61. The second kappa shape index (κ2) is 8.41. The van der Waals surface area contributed by atoms with Gasteiger partial charge >= 0.3 is 0 Å². The maximum Gasteiger partial charge on any atom is 0.0648 e. The highest BCUT2D eigenvalue weighted by Gasteiger charge is 2.34. The number of hydrogen-bond donors (Lipinski definition) is 1. The second-order valence-corrected chi connectivity index (χ2v) is 8.24. The van der Waals surface area contributed by atoms with Crippen LogP contribution in [0.3, 0.4) is 0 Å². The Kier molecular flexibility index (Phi) is 7.58. The van der Waals surface area contributed by atoms with Gasteiger partial charge in [-0.15, -0.1) is 0 Å². The summed E-state index contributed by atoms with van der Waals surface area (Å²) in [4.78, 5) is 0. The van der Waals surface area contributed by atoms with E-state index in [9.17, 15) is 5.11 Å². The molecule has 0 amide bonds. The molecule has 1 aliphatic rings. The molecule has 20 heavy (non-hydrogen) atoms. The predicted octanol–water partition coefficient (Wildman–Crippen LogP) is 6.09. The van der Waals surface area contributed by atoms with Gasteiger partial charge in [-0.05, 0) is 43.4 Å². The molecule has 0 aromatic carbocycles. The molecule has 0 radical (unpaired) electrons. The van der Waals surface area contributed by atoms with E-state index in [0.29, 0.717) is 5.41 Å². The van der Waals surface area contributed by atoms with Crippen LogP contribution < -0.4 is 0 Å². The van der Waals surface area contributed by atoms with Crippen LogP contribution in [0.1, 0.15) is 105 Å². The first-order valence-electron chi connectivity index (χ1n) is 9.10. The summed E-state index contributed by atoms with van der Waals surface area (Å²) in [5.41, 5.74) is 0.0656. The van der Waals surface area contributed by atoms with Crippen LogP contribution in [0.25, 0.3) is 0 Å². The summed E-state index contributed by atoms with van der Waals surface area (Å²) in [7, 11) is 0. The Morgan fingerprint density at radius 2 is 1.60 bits per heavy atom. The lowest BCUT2D eigenvalue weighted by Crippen LogP contribution is -2.28. The maximum absolute atomic E-state index is 10.8. The van der Waals surface area contributed by atoms with Gasteiger partial charge in [0.05, 0.1) is 5.60 Å². The van der Waals surface area contributed by atoms with Crippen molar-refractivity contribution in [3.05, 3.63) is 0 Å². The normalized spacial score (nSPS) is 28.4. The van der Waals surface area contributed by atoms with Crippen LogP contribution in [0.5, 0.6) is 0 Å². The zero-order valence-electron chi connectivity index (χ0n) is 14.5. The Morgan fingerprint density at radius 3 is 2.25 bits per heavy atom. The zero-order chi connectivity index (χ0) is 15.1. The van der Waals surface area contributed by atoms with Gasteiger partial charge in [0.1, 0.15) is 0 Å². The second-order valence-electron chi connectivity index (χ2n) is 8.24. The minimum atomic E-state index is -0.343. The summed E-state index contributed by atoms with van der Waals surface area (Å²) in [6.07, 6.45) is 14.8. The van der Waals surface area contributed by atoms with Crippen LogP contribution >= 0.6 is 0 Å². The molecule has 0 aliphatic heterocycles. The minimum absolute atomic E-state index is 0.343. The molecule has 1 rings (SSSR count). The van der Waals surface area contributed by atoms with Crippen LogP contribution in [0, 0.1) is 11.3 Å². The summed E-state index contributed by atoms with van der Waals surface area (Å²) < 4.78 is 0. The molecule has 1 heteroatoms. The minimum Gasteiger partial charge on any atom is -0.390 e. The first-order valence-corrected chi connectivity index (χ1v) is 9.10. The van der Waals surface area contributed by atoms with Crippen molar-refractivity contribution in [3.63, 3.8) is 0 Å². The number of unbranched alkanes of at least 4 members (excludes halogenated alkanes) is 5. The van der Waals surface area contributed by atoms with E-state index in [0.717, 1.165) is 25.2 Å². The van der Waals surface area contributed by atoms with Crippen LogP contribution in [-0.2, 0) is 0 Å². The largest absolute Gasteiger partial charge is 0.390 e. The van der Waals surface area contributed by atoms with E-state index in [1.165, 1.54) is 57.8 Å². The molecule has 1 fully saturated rings. The van der Waals surface area contributed by atoms with Gasteiger partial charge in [0.2, 0.25) is 0 Å². The average Bonchev–Trinajstić information content (AvgIpc) is 2.56. The summed E-state index contributed by atoms with van der Waals surface area (Å²) >= 11 is 0. The molecule has 0 aromatic rings. The predicted molar refractivity (Wildman–Crippen MR) is 89.0 cm³/mol. The Bertz CT molecular complexity index is 253. The van der Waals surface area contributed by atoms with Gasteiger partial charge in [-0.1, -0.05) is 72.6 Å². The van der Waals surface area contributed by atoms with Crippen molar-refractivity contribution in [3.8, 4) is 0 Å². The molecule has 1 N–H and O–H groups in total. The molecule has 2 unspecified atom stereocenters. The number of aliphatic hydroxyl groups is 1. The van der Waals surface area contributed by atoms with Crippen molar-refractivity contribution in [1.82, 2.24) is 0 Å². The van der Waals surface area contributed by atoms with Crippen LogP contribution in [0.15, 0.2) is 0 Å². The molecule has 0 bridgehead atoms. The summed E-state index contributed by atoms with van der Waals surface area (Å²) in [5, 5.41) is 10.8. The van der Waals surface area contributed by atoms with Gasteiger partial charge in [-0.2, -0.15) is 0 Å². The van der Waals surface area contributed by atoms with E-state index in [2.05, 4.69) is 27.7 Å². The fourth-order valence-electron chi connectivity index (χ4n) is 3.74. The molecule has 0 spiro atoms. The maximum atomic E-state index is 10.8. The van der Waals surface area contributed by atoms with E-state index >= 15 is 0 Å². The van der Waals surface area contributed by atoms with Crippen molar-refractivity contribution in [1.29, 1.82) is 0 Å². The average molecular weight is 283 g/mol. The Labute approximate surface area is 127 Å². The molecule has 1 nitrogen and oxygen atoms in total. The molecular formula is C19H38O. The smallest absolute Gasteiger partial charge is 0.0648 e. The monoisotopic (exact) mass is 282 g/mol. The lowest BCUT2D eigenvalue weighted by Gasteiger charge is -2.31. The summed E-state index contributed by atoms with van der Waals surface area (Å²) in [6.45, 7) is 9.33. The Hall–Kier alpha value is -0.0400. The molecule has 1 saturated carbocycles. The van der Waals surface area contributed by atoms with Crippen molar-refractivity contribution in [2.24, 2.45) is 11.3 Å². The van der Waals surface area contributed by atoms with E-state index in [-0.39, 0.29) is 5.60 Å². The van der Waals surface area contributed by atoms with Gasteiger partial charge < -0.3 is 5.11 Å². The van der Waals surface area contributed by atoms with Crippen molar-refractivity contribution < 1.29 is 5.11 Å². The van der Waals surface area contributed by atoms with Gasteiger partial charge in [-0.25, -0.2) is 0 Å². The Balaban J connectivity index is 2.27. The molecule has 120 valence electrons. The molecule has 0 heterocycles. The van der Waals surface area contributed by atoms with Crippen LogP contribution in [0.4, 0.5) is 0 Å². The fourth-order valence-corrected chi connectivity index (χ4v) is 3.74. The van der Waals surface area contributed by atoms with E-state index in [4.69, 9.17) is 0 Å². The van der Waals surface area contributed by atoms with E-state index in [1.54, 1.807) is 0 Å². The van der Waals surface area contributed by atoms with Gasteiger partial charge in [0, 0.05) is 0 Å². The number of rotatable bonds is 7. The SMILES string of the molecule is CCCCCCCCC1(O)CCCC(C(C)(C)C)CC1. The van der Waals surface area contributed by atoms with Crippen LogP contribution in [-0.4, -0.2) is 10.7 Å². The molecule has 2 atom stereocenters. The molecular weight excluding hydrogens is 244 g/mol. The quantitative estimate of drug-likeness (QED) is 0.442. The van der Waals surface area contributed by atoms with Crippen molar-refractivity contribution >= 4 is 0 Å². The summed E-state index contributed by atoms with van der Waals surface area (Å²) in [6, 6.07) is 0. The van der Waals surface area contributed by atoms with Crippen molar-refractivity contribution in [2.45, 2.75) is 110 Å². The third-order valence-electron chi connectivity index (χ3n) is 5.37.